The van der Waals surface area contributed by atoms with Gasteiger partial charge in [-0.15, -0.1) is 11.3 Å². The van der Waals surface area contributed by atoms with Gasteiger partial charge in [-0.2, -0.15) is 0 Å². The minimum Gasteiger partial charge on any atom is -0.299 e. The topological polar surface area (TPSA) is 30.0 Å². The molecule has 1 aliphatic rings. The van der Waals surface area contributed by atoms with E-state index in [4.69, 9.17) is 0 Å². The van der Waals surface area contributed by atoms with E-state index in [1.165, 1.54) is 25.7 Å². The summed E-state index contributed by atoms with van der Waals surface area (Å²) in [6, 6.07) is 0. The van der Waals surface area contributed by atoms with Crippen molar-refractivity contribution in [3.63, 3.8) is 0 Å². The third-order valence-corrected chi connectivity index (χ3v) is 3.86. The Labute approximate surface area is 94.7 Å². The van der Waals surface area contributed by atoms with Gasteiger partial charge in [-0.25, -0.2) is 4.98 Å². The molecule has 0 amide bonds. The van der Waals surface area contributed by atoms with Crippen LogP contribution in [0.1, 0.15) is 42.8 Å². The van der Waals surface area contributed by atoms with Crippen molar-refractivity contribution >= 4 is 17.1 Å². The molecule has 0 saturated heterocycles. The van der Waals surface area contributed by atoms with Crippen LogP contribution in [0, 0.1) is 12.8 Å². The molecule has 1 saturated carbocycles. The minimum absolute atomic E-state index is 0.368. The Balaban J connectivity index is 1.81. The molecule has 1 aromatic rings. The molecule has 1 heterocycles. The molecule has 82 valence electrons. The Morgan fingerprint density at radius 3 is 2.87 bits per heavy atom. The van der Waals surface area contributed by atoms with Crippen molar-refractivity contribution in [1.29, 1.82) is 0 Å². The van der Waals surface area contributed by atoms with Gasteiger partial charge in [-0.1, -0.05) is 25.7 Å². The second-order valence-corrected chi connectivity index (χ2v) is 5.49. The Morgan fingerprint density at radius 1 is 1.53 bits per heavy atom. The highest BCUT2D eigenvalue weighted by Crippen LogP contribution is 2.28. The summed E-state index contributed by atoms with van der Waals surface area (Å²) in [5, 5.41) is 3.06. The molecular formula is C12H17NOS. The highest BCUT2D eigenvalue weighted by atomic mass is 32.1. The summed E-state index contributed by atoms with van der Waals surface area (Å²) in [5.41, 5.74) is 0.959. The maximum absolute atomic E-state index is 11.7. The lowest BCUT2D eigenvalue weighted by atomic mass is 9.99. The first-order valence-electron chi connectivity index (χ1n) is 5.67. The zero-order valence-corrected chi connectivity index (χ0v) is 9.98. The zero-order chi connectivity index (χ0) is 10.7. The molecule has 1 aliphatic carbocycles. The number of nitrogens with zero attached hydrogens (tertiary/aromatic N) is 1. The Bertz CT molecular complexity index is 339. The molecule has 0 N–H and O–H groups in total. The van der Waals surface area contributed by atoms with E-state index in [2.05, 4.69) is 4.98 Å². The molecule has 1 aromatic heterocycles. The first-order valence-corrected chi connectivity index (χ1v) is 6.54. The number of hydrogen-bond donors (Lipinski definition) is 0. The fourth-order valence-corrected chi connectivity index (χ4v) is 2.91. The third-order valence-electron chi connectivity index (χ3n) is 3.04. The van der Waals surface area contributed by atoms with Gasteiger partial charge in [0.1, 0.15) is 5.78 Å². The number of aryl methyl sites for hydroxylation is 1. The van der Waals surface area contributed by atoms with Gasteiger partial charge in [-0.3, -0.25) is 4.79 Å². The fourth-order valence-electron chi connectivity index (χ4n) is 2.30. The second kappa shape index (κ2) is 4.88. The molecular weight excluding hydrogens is 206 g/mol. The third kappa shape index (κ3) is 3.13. The van der Waals surface area contributed by atoms with Crippen LogP contribution >= 0.6 is 11.3 Å². The van der Waals surface area contributed by atoms with Gasteiger partial charge in [0.2, 0.25) is 0 Å². The number of hydrogen-bond acceptors (Lipinski definition) is 3. The average molecular weight is 223 g/mol. The van der Waals surface area contributed by atoms with E-state index in [0.29, 0.717) is 18.1 Å². The van der Waals surface area contributed by atoms with E-state index in [-0.39, 0.29) is 0 Å². The normalized spacial score (nSPS) is 17.1. The molecule has 0 atom stereocenters. The SMILES string of the molecule is Cc1nc(CC(=O)CC2CCCC2)cs1. The lowest BCUT2D eigenvalue weighted by molar-refractivity contribution is -0.119. The summed E-state index contributed by atoms with van der Waals surface area (Å²) < 4.78 is 0. The average Bonchev–Trinajstić information content (AvgIpc) is 2.77. The number of rotatable bonds is 4. The number of ketones is 1. The van der Waals surface area contributed by atoms with Crippen molar-refractivity contribution in [1.82, 2.24) is 4.98 Å². The first kappa shape index (κ1) is 10.8. The molecule has 0 spiro atoms. The van der Waals surface area contributed by atoms with Crippen LogP contribution in [0.3, 0.4) is 0 Å². The number of carbonyl (C=O) groups is 1. The van der Waals surface area contributed by atoms with E-state index >= 15 is 0 Å². The Hall–Kier alpha value is -0.700. The predicted molar refractivity (Wildman–Crippen MR) is 62.1 cm³/mol. The molecule has 3 heteroatoms. The van der Waals surface area contributed by atoms with Crippen LogP contribution in [-0.2, 0) is 11.2 Å². The first-order chi connectivity index (χ1) is 7.24. The molecule has 0 aliphatic heterocycles. The van der Waals surface area contributed by atoms with Gasteiger partial charge < -0.3 is 0 Å². The van der Waals surface area contributed by atoms with Crippen molar-refractivity contribution < 1.29 is 4.79 Å². The lowest BCUT2D eigenvalue weighted by Gasteiger charge is -2.06. The van der Waals surface area contributed by atoms with Gasteiger partial charge in [0.05, 0.1) is 10.7 Å². The second-order valence-electron chi connectivity index (χ2n) is 4.43. The maximum atomic E-state index is 11.7. The smallest absolute Gasteiger partial charge is 0.139 e. The van der Waals surface area contributed by atoms with Crippen molar-refractivity contribution in [2.75, 3.05) is 0 Å². The molecule has 0 unspecified atom stereocenters. The number of carbonyl (C=O) groups excluding carboxylic acids is 1. The van der Waals surface area contributed by atoms with Gasteiger partial charge in [0.15, 0.2) is 0 Å². The summed E-state index contributed by atoms with van der Waals surface area (Å²) in [6.07, 6.45) is 6.45. The van der Waals surface area contributed by atoms with E-state index < -0.39 is 0 Å². The van der Waals surface area contributed by atoms with Crippen LogP contribution in [0.25, 0.3) is 0 Å². The summed E-state index contributed by atoms with van der Waals surface area (Å²) >= 11 is 1.63. The molecule has 0 radical (unpaired) electrons. The van der Waals surface area contributed by atoms with Crippen LogP contribution in [0.5, 0.6) is 0 Å². The highest BCUT2D eigenvalue weighted by Gasteiger charge is 2.18. The monoisotopic (exact) mass is 223 g/mol. The quantitative estimate of drug-likeness (QED) is 0.785. The fraction of sp³-hybridized carbons (Fsp3) is 0.667. The molecule has 0 aromatic carbocycles. The summed E-state index contributed by atoms with van der Waals surface area (Å²) in [7, 11) is 0. The number of thiazole rings is 1. The van der Waals surface area contributed by atoms with E-state index in [1.54, 1.807) is 11.3 Å². The predicted octanol–water partition coefficient (Wildman–Crippen LogP) is 3.14. The maximum Gasteiger partial charge on any atom is 0.139 e. The van der Waals surface area contributed by atoms with E-state index in [9.17, 15) is 4.79 Å². The molecule has 15 heavy (non-hydrogen) atoms. The highest BCUT2D eigenvalue weighted by molar-refractivity contribution is 7.09. The largest absolute Gasteiger partial charge is 0.299 e. The number of aromatic nitrogens is 1. The molecule has 2 nitrogen and oxygen atoms in total. The van der Waals surface area contributed by atoms with E-state index in [0.717, 1.165) is 17.1 Å². The molecule has 1 fully saturated rings. The molecule has 0 bridgehead atoms. The van der Waals surface area contributed by atoms with Crippen LogP contribution in [0.4, 0.5) is 0 Å². The standard InChI is InChI=1S/C12H17NOS/c1-9-13-11(8-15-9)7-12(14)6-10-4-2-3-5-10/h8,10H,2-7H2,1H3. The molecule has 2 rings (SSSR count). The summed E-state index contributed by atoms with van der Waals surface area (Å²) in [4.78, 5) is 16.1. The van der Waals surface area contributed by atoms with Crippen molar-refractivity contribution in [2.45, 2.75) is 45.4 Å². The van der Waals surface area contributed by atoms with Crippen LogP contribution in [0.2, 0.25) is 0 Å². The number of Topliss-reactive ketones (excluding diaryl/α,β-unsaturated/α-hetero) is 1. The van der Waals surface area contributed by atoms with Crippen molar-refractivity contribution in [3.05, 3.63) is 16.1 Å². The Morgan fingerprint density at radius 2 is 2.27 bits per heavy atom. The van der Waals surface area contributed by atoms with E-state index in [1.807, 2.05) is 12.3 Å². The van der Waals surface area contributed by atoms with Gasteiger partial charge >= 0.3 is 0 Å². The van der Waals surface area contributed by atoms with Crippen LogP contribution in [-0.4, -0.2) is 10.8 Å². The zero-order valence-electron chi connectivity index (χ0n) is 9.16. The van der Waals surface area contributed by atoms with Crippen LogP contribution < -0.4 is 0 Å². The Kier molecular flexibility index (Phi) is 3.52. The summed E-state index contributed by atoms with van der Waals surface area (Å²) in [5.74, 6) is 1.03. The van der Waals surface area contributed by atoms with Crippen molar-refractivity contribution in [3.8, 4) is 0 Å². The van der Waals surface area contributed by atoms with Gasteiger partial charge in [0, 0.05) is 18.2 Å². The lowest BCUT2D eigenvalue weighted by Crippen LogP contribution is -2.08. The van der Waals surface area contributed by atoms with Gasteiger partial charge in [0.25, 0.3) is 0 Å². The minimum atomic E-state index is 0.368. The summed E-state index contributed by atoms with van der Waals surface area (Å²) in [6.45, 7) is 1.98. The van der Waals surface area contributed by atoms with Crippen LogP contribution in [0.15, 0.2) is 5.38 Å². The van der Waals surface area contributed by atoms with Gasteiger partial charge in [-0.05, 0) is 12.8 Å². The van der Waals surface area contributed by atoms with Crippen molar-refractivity contribution in [2.24, 2.45) is 5.92 Å².